The van der Waals surface area contributed by atoms with Crippen LogP contribution in [0.2, 0.25) is 0 Å². The summed E-state index contributed by atoms with van der Waals surface area (Å²) in [6.45, 7) is 0.302. The van der Waals surface area contributed by atoms with E-state index in [1.807, 2.05) is 30.3 Å². The number of alkyl halides is 1. The maximum Gasteiger partial charge on any atom is 0.226 e. The predicted molar refractivity (Wildman–Crippen MR) is 132 cm³/mol. The van der Waals surface area contributed by atoms with Gasteiger partial charge in [-0.1, -0.05) is 28.1 Å². The number of ether oxygens (including phenoxy) is 3. The fourth-order valence-electron chi connectivity index (χ4n) is 4.33. The quantitative estimate of drug-likeness (QED) is 0.361. The van der Waals surface area contributed by atoms with Gasteiger partial charge in [-0.05, 0) is 67.5 Å². The summed E-state index contributed by atoms with van der Waals surface area (Å²) in [6, 6.07) is 12.5. The third-order valence-corrected chi connectivity index (χ3v) is 7.05. The van der Waals surface area contributed by atoms with Crippen LogP contribution in [0.1, 0.15) is 49.7 Å². The summed E-state index contributed by atoms with van der Waals surface area (Å²) < 4.78 is 31.8. The summed E-state index contributed by atoms with van der Waals surface area (Å²) >= 11 is 3.35. The normalized spacial score (nSPS) is 20.5. The van der Waals surface area contributed by atoms with Gasteiger partial charge < -0.3 is 19.1 Å². The molecule has 0 saturated heterocycles. The highest BCUT2D eigenvalue weighted by Crippen LogP contribution is 2.42. The Labute approximate surface area is 204 Å². The van der Waals surface area contributed by atoms with Crippen molar-refractivity contribution in [3.63, 3.8) is 0 Å². The van der Waals surface area contributed by atoms with E-state index in [1.165, 1.54) is 6.07 Å². The standard InChI is InChI=1S/C26H33BrFNO4/c1-29(25(30)5-4-14-27)22-8-6-19(7-9-22)18-33-24-16-20(15-21(28)17-24)26(32-3)12-10-23(31-2)11-13-26/h6-9,15-17,23H,4-5,10-14,18H2,1-3H3/t23-,26+. The average Bonchev–Trinajstić information content (AvgIpc) is 2.85. The molecule has 33 heavy (non-hydrogen) atoms. The van der Waals surface area contributed by atoms with Gasteiger partial charge in [0.05, 0.1) is 11.7 Å². The van der Waals surface area contributed by atoms with Crippen LogP contribution in [0.15, 0.2) is 42.5 Å². The Morgan fingerprint density at radius 3 is 2.45 bits per heavy atom. The van der Waals surface area contributed by atoms with Crippen molar-refractivity contribution in [1.82, 2.24) is 0 Å². The van der Waals surface area contributed by atoms with Crippen LogP contribution in [0, 0.1) is 5.82 Å². The van der Waals surface area contributed by atoms with Crippen LogP contribution >= 0.6 is 15.9 Å². The molecule has 0 bridgehead atoms. The Morgan fingerprint density at radius 2 is 1.85 bits per heavy atom. The number of hydrogen-bond acceptors (Lipinski definition) is 4. The van der Waals surface area contributed by atoms with Crippen molar-refractivity contribution in [3.05, 3.63) is 59.4 Å². The fraction of sp³-hybridized carbons (Fsp3) is 0.500. The van der Waals surface area contributed by atoms with E-state index in [-0.39, 0.29) is 17.8 Å². The highest BCUT2D eigenvalue weighted by molar-refractivity contribution is 9.09. The van der Waals surface area contributed by atoms with Gasteiger partial charge in [-0.2, -0.15) is 0 Å². The summed E-state index contributed by atoms with van der Waals surface area (Å²) in [7, 11) is 5.19. The van der Waals surface area contributed by atoms with E-state index < -0.39 is 5.60 Å². The number of carbonyl (C=O) groups is 1. The topological polar surface area (TPSA) is 48.0 Å². The molecule has 0 atom stereocenters. The molecule has 0 N–H and O–H groups in total. The smallest absolute Gasteiger partial charge is 0.226 e. The molecule has 180 valence electrons. The molecule has 0 aliphatic heterocycles. The lowest BCUT2D eigenvalue weighted by molar-refractivity contribution is -0.118. The second-order valence-electron chi connectivity index (χ2n) is 8.51. The van der Waals surface area contributed by atoms with Gasteiger partial charge >= 0.3 is 0 Å². The summed E-state index contributed by atoms with van der Waals surface area (Å²) in [5.41, 5.74) is 2.05. The second kappa shape index (κ2) is 12.0. The van der Waals surface area contributed by atoms with Crippen molar-refractivity contribution in [2.24, 2.45) is 0 Å². The minimum Gasteiger partial charge on any atom is -0.489 e. The Kier molecular flexibility index (Phi) is 9.29. The average molecular weight is 522 g/mol. The highest BCUT2D eigenvalue weighted by atomic mass is 79.9. The molecule has 0 radical (unpaired) electrons. The molecule has 2 aromatic carbocycles. The first-order valence-electron chi connectivity index (χ1n) is 11.3. The predicted octanol–water partition coefficient (Wildman–Crippen LogP) is 5.97. The number of anilines is 1. The highest BCUT2D eigenvalue weighted by Gasteiger charge is 2.37. The Hall–Kier alpha value is -1.96. The first-order chi connectivity index (χ1) is 15.9. The molecule has 1 amide bonds. The monoisotopic (exact) mass is 521 g/mol. The van der Waals surface area contributed by atoms with Gasteiger partial charge in [0.2, 0.25) is 5.91 Å². The van der Waals surface area contributed by atoms with E-state index in [2.05, 4.69) is 15.9 Å². The molecule has 0 spiro atoms. The zero-order chi connectivity index (χ0) is 23.8. The summed E-state index contributed by atoms with van der Waals surface area (Å²) in [4.78, 5) is 13.9. The SMILES string of the molecule is CO[C@H]1CC[C@](OC)(c2cc(F)cc(OCc3ccc(N(C)C(=O)CCCBr)cc3)c2)CC1. The number of rotatable bonds is 10. The van der Waals surface area contributed by atoms with E-state index in [9.17, 15) is 9.18 Å². The lowest BCUT2D eigenvalue weighted by Crippen LogP contribution is -2.36. The van der Waals surface area contributed by atoms with E-state index >= 15 is 0 Å². The number of halogens is 2. The van der Waals surface area contributed by atoms with Crippen molar-refractivity contribution >= 4 is 27.5 Å². The molecule has 1 aliphatic rings. The number of carbonyl (C=O) groups excluding carboxylic acids is 1. The van der Waals surface area contributed by atoms with Crippen molar-refractivity contribution in [1.29, 1.82) is 0 Å². The van der Waals surface area contributed by atoms with Crippen LogP contribution in [-0.4, -0.2) is 38.6 Å². The zero-order valence-electron chi connectivity index (χ0n) is 19.6. The van der Waals surface area contributed by atoms with Crippen LogP contribution in [0.25, 0.3) is 0 Å². The summed E-state index contributed by atoms with van der Waals surface area (Å²) in [6.07, 6.45) is 4.82. The van der Waals surface area contributed by atoms with E-state index in [1.54, 1.807) is 32.2 Å². The molecular formula is C26H33BrFNO4. The Morgan fingerprint density at radius 1 is 1.15 bits per heavy atom. The second-order valence-corrected chi connectivity index (χ2v) is 9.30. The van der Waals surface area contributed by atoms with Crippen molar-refractivity contribution < 1.29 is 23.4 Å². The third kappa shape index (κ3) is 6.55. The van der Waals surface area contributed by atoms with Crippen LogP contribution in [0.3, 0.4) is 0 Å². The lowest BCUT2D eigenvalue weighted by Gasteiger charge is -2.39. The molecule has 3 rings (SSSR count). The molecule has 0 aromatic heterocycles. The van der Waals surface area contributed by atoms with Crippen LogP contribution in [-0.2, 0) is 26.5 Å². The molecule has 2 aromatic rings. The number of methoxy groups -OCH3 is 2. The number of hydrogen-bond donors (Lipinski definition) is 0. The molecule has 1 aliphatic carbocycles. The Bertz CT molecular complexity index is 913. The van der Waals surface area contributed by atoms with Crippen molar-refractivity contribution in [3.8, 4) is 5.75 Å². The lowest BCUT2D eigenvalue weighted by atomic mass is 9.78. The van der Waals surface area contributed by atoms with Crippen LogP contribution in [0.5, 0.6) is 5.75 Å². The zero-order valence-corrected chi connectivity index (χ0v) is 21.2. The van der Waals surface area contributed by atoms with Crippen LogP contribution in [0.4, 0.5) is 10.1 Å². The summed E-state index contributed by atoms with van der Waals surface area (Å²) in [5.74, 6) is 0.213. The van der Waals surface area contributed by atoms with Crippen molar-refractivity contribution in [2.75, 3.05) is 31.5 Å². The van der Waals surface area contributed by atoms with E-state index in [0.717, 1.165) is 54.2 Å². The number of nitrogens with zero attached hydrogens (tertiary/aromatic N) is 1. The minimum atomic E-state index is -0.525. The van der Waals surface area contributed by atoms with Gasteiger partial charge in [0, 0.05) is 44.8 Å². The minimum absolute atomic E-state index is 0.0809. The van der Waals surface area contributed by atoms with Crippen LogP contribution < -0.4 is 9.64 Å². The molecule has 1 fully saturated rings. The van der Waals surface area contributed by atoms with Gasteiger partial charge in [0.25, 0.3) is 0 Å². The van der Waals surface area contributed by atoms with Crippen molar-refractivity contribution in [2.45, 2.75) is 56.8 Å². The van der Waals surface area contributed by atoms with Gasteiger partial charge in [0.15, 0.2) is 0 Å². The molecule has 0 unspecified atom stereocenters. The maximum absolute atomic E-state index is 14.5. The van der Waals surface area contributed by atoms with E-state index in [4.69, 9.17) is 14.2 Å². The van der Waals surface area contributed by atoms with Gasteiger partial charge in [0.1, 0.15) is 18.2 Å². The number of benzene rings is 2. The van der Waals surface area contributed by atoms with Gasteiger partial charge in [-0.25, -0.2) is 4.39 Å². The molecule has 7 heteroatoms. The molecule has 0 heterocycles. The third-order valence-electron chi connectivity index (χ3n) is 6.49. The Balaban J connectivity index is 1.66. The maximum atomic E-state index is 14.5. The fourth-order valence-corrected chi connectivity index (χ4v) is 4.61. The van der Waals surface area contributed by atoms with Gasteiger partial charge in [-0.15, -0.1) is 0 Å². The molecule has 5 nitrogen and oxygen atoms in total. The first-order valence-corrected chi connectivity index (χ1v) is 12.5. The summed E-state index contributed by atoms with van der Waals surface area (Å²) in [5, 5.41) is 0.809. The van der Waals surface area contributed by atoms with Gasteiger partial charge in [-0.3, -0.25) is 4.79 Å². The molecular weight excluding hydrogens is 489 g/mol. The number of amides is 1. The largest absolute Gasteiger partial charge is 0.489 e. The van der Waals surface area contributed by atoms with E-state index in [0.29, 0.717) is 18.8 Å². The first kappa shape index (κ1) is 25.7. The molecule has 1 saturated carbocycles.